The van der Waals surface area contributed by atoms with Gasteiger partial charge in [0.25, 0.3) is 5.91 Å². The summed E-state index contributed by atoms with van der Waals surface area (Å²) in [6.45, 7) is 10.5. The van der Waals surface area contributed by atoms with Gasteiger partial charge in [-0.25, -0.2) is 4.98 Å². The van der Waals surface area contributed by atoms with Crippen molar-refractivity contribution in [1.82, 2.24) is 9.88 Å². The average molecular weight is 383 g/mol. The molecule has 0 saturated heterocycles. The first-order valence-corrected chi connectivity index (χ1v) is 10.1. The van der Waals surface area contributed by atoms with Crippen LogP contribution in [0, 0.1) is 0 Å². The van der Waals surface area contributed by atoms with Crippen LogP contribution in [0.3, 0.4) is 0 Å². The highest BCUT2D eigenvalue weighted by molar-refractivity contribution is 6.05. The van der Waals surface area contributed by atoms with Crippen molar-refractivity contribution >= 4 is 17.4 Å². The van der Waals surface area contributed by atoms with Gasteiger partial charge in [0.2, 0.25) is 0 Å². The van der Waals surface area contributed by atoms with Crippen LogP contribution in [-0.2, 0) is 0 Å². The number of pyridine rings is 1. The molecule has 1 heterocycles. The molecule has 0 fully saturated rings. The second kappa shape index (κ2) is 10.2. The van der Waals surface area contributed by atoms with E-state index in [1.165, 1.54) is 0 Å². The average Bonchev–Trinajstić information content (AvgIpc) is 2.65. The van der Waals surface area contributed by atoms with Crippen molar-refractivity contribution in [3.05, 3.63) is 53.2 Å². The van der Waals surface area contributed by atoms with E-state index in [1.807, 2.05) is 12.1 Å². The highest BCUT2D eigenvalue weighted by Crippen LogP contribution is 2.32. The second-order valence-electron chi connectivity index (χ2n) is 8.09. The van der Waals surface area contributed by atoms with Crippen molar-refractivity contribution in [2.75, 3.05) is 37.8 Å². The summed E-state index contributed by atoms with van der Waals surface area (Å²) in [4.78, 5) is 19.4. The maximum atomic E-state index is 12.8. The smallest absolute Gasteiger partial charge is 0.257 e. The van der Waals surface area contributed by atoms with E-state index >= 15 is 0 Å². The summed E-state index contributed by atoms with van der Waals surface area (Å²) in [5, 5.41) is 6.43. The normalized spacial score (nSPS) is 11.3. The molecule has 1 aromatic carbocycles. The van der Waals surface area contributed by atoms with Crippen molar-refractivity contribution < 1.29 is 4.79 Å². The number of benzene rings is 1. The van der Waals surface area contributed by atoms with E-state index in [0.717, 1.165) is 42.1 Å². The molecule has 0 bridgehead atoms. The van der Waals surface area contributed by atoms with Gasteiger partial charge in [0.1, 0.15) is 5.82 Å². The minimum Gasteiger partial charge on any atom is -0.370 e. The highest BCUT2D eigenvalue weighted by atomic mass is 16.1. The van der Waals surface area contributed by atoms with Crippen LogP contribution in [0.2, 0.25) is 0 Å². The number of carbonyl (C=O) groups excluding carboxylic acids is 1. The van der Waals surface area contributed by atoms with Gasteiger partial charge in [0.05, 0.1) is 5.56 Å². The number of hydrogen-bond donors (Lipinski definition) is 2. The molecule has 5 nitrogen and oxygen atoms in total. The molecule has 28 heavy (non-hydrogen) atoms. The van der Waals surface area contributed by atoms with Crippen LogP contribution >= 0.6 is 0 Å². The fourth-order valence-electron chi connectivity index (χ4n) is 3.13. The van der Waals surface area contributed by atoms with E-state index in [4.69, 9.17) is 0 Å². The number of para-hydroxylation sites is 1. The first kappa shape index (κ1) is 21.9. The lowest BCUT2D eigenvalue weighted by Gasteiger charge is -2.20. The SMILES string of the molecule is CC(C)c1cccc(C(C)C)c1NC(=O)c1ccc(NCCCN(C)C)nc1. The van der Waals surface area contributed by atoms with Crippen molar-refractivity contribution in [1.29, 1.82) is 0 Å². The lowest BCUT2D eigenvalue weighted by molar-refractivity contribution is 0.102. The van der Waals surface area contributed by atoms with E-state index in [0.29, 0.717) is 17.4 Å². The zero-order chi connectivity index (χ0) is 20.7. The van der Waals surface area contributed by atoms with E-state index in [9.17, 15) is 4.79 Å². The maximum Gasteiger partial charge on any atom is 0.257 e. The molecule has 1 aromatic heterocycles. The highest BCUT2D eigenvalue weighted by Gasteiger charge is 2.17. The number of rotatable bonds is 9. The van der Waals surface area contributed by atoms with Crippen LogP contribution in [0.1, 0.15) is 67.4 Å². The molecule has 2 rings (SSSR count). The minimum atomic E-state index is -0.123. The Bertz CT molecular complexity index is 740. The van der Waals surface area contributed by atoms with Crippen molar-refractivity contribution in [3.63, 3.8) is 0 Å². The van der Waals surface area contributed by atoms with Crippen LogP contribution in [0.4, 0.5) is 11.5 Å². The summed E-state index contributed by atoms with van der Waals surface area (Å²) in [7, 11) is 4.13. The summed E-state index contributed by atoms with van der Waals surface area (Å²) in [5.74, 6) is 1.34. The van der Waals surface area contributed by atoms with Crippen molar-refractivity contribution in [2.45, 2.75) is 46.0 Å². The number of anilines is 2. The van der Waals surface area contributed by atoms with Crippen LogP contribution in [0.25, 0.3) is 0 Å². The van der Waals surface area contributed by atoms with Gasteiger partial charge < -0.3 is 15.5 Å². The predicted octanol–water partition coefficient (Wildman–Crippen LogP) is 4.94. The molecule has 152 valence electrons. The largest absolute Gasteiger partial charge is 0.370 e. The lowest BCUT2D eigenvalue weighted by atomic mass is 9.92. The molecule has 0 aliphatic rings. The first-order chi connectivity index (χ1) is 13.3. The molecule has 0 saturated carbocycles. The van der Waals surface area contributed by atoms with Gasteiger partial charge >= 0.3 is 0 Å². The maximum absolute atomic E-state index is 12.8. The summed E-state index contributed by atoms with van der Waals surface area (Å²) >= 11 is 0. The molecule has 1 amide bonds. The number of hydrogen-bond acceptors (Lipinski definition) is 4. The van der Waals surface area contributed by atoms with Crippen LogP contribution in [0.15, 0.2) is 36.5 Å². The molecule has 0 spiro atoms. The molecular formula is C23H34N4O. The summed E-state index contributed by atoms with van der Waals surface area (Å²) < 4.78 is 0. The third-order valence-electron chi connectivity index (χ3n) is 4.73. The summed E-state index contributed by atoms with van der Waals surface area (Å²) in [5.41, 5.74) is 3.81. The van der Waals surface area contributed by atoms with Crippen LogP contribution in [-0.4, -0.2) is 43.0 Å². The monoisotopic (exact) mass is 382 g/mol. The molecular weight excluding hydrogens is 348 g/mol. The Hall–Kier alpha value is -2.40. The summed E-state index contributed by atoms with van der Waals surface area (Å²) in [6, 6.07) is 9.93. The van der Waals surface area contributed by atoms with Gasteiger partial charge in [-0.15, -0.1) is 0 Å². The standard InChI is InChI=1S/C23H34N4O/c1-16(2)19-9-7-10-20(17(3)4)22(19)26-23(28)18-11-12-21(25-15-18)24-13-8-14-27(5)6/h7,9-12,15-17H,8,13-14H2,1-6H3,(H,24,25)(H,26,28). The molecule has 0 atom stereocenters. The molecule has 0 aliphatic heterocycles. The number of nitrogens with zero attached hydrogens (tertiary/aromatic N) is 2. The Morgan fingerprint density at radius 3 is 2.18 bits per heavy atom. The molecule has 0 unspecified atom stereocenters. The molecule has 0 radical (unpaired) electrons. The fourth-order valence-corrected chi connectivity index (χ4v) is 3.13. The van der Waals surface area contributed by atoms with E-state index < -0.39 is 0 Å². The predicted molar refractivity (Wildman–Crippen MR) is 118 cm³/mol. The quantitative estimate of drug-likeness (QED) is 0.603. The minimum absolute atomic E-state index is 0.123. The van der Waals surface area contributed by atoms with Gasteiger partial charge in [-0.1, -0.05) is 45.9 Å². The number of carbonyl (C=O) groups is 1. The molecule has 2 aromatic rings. The zero-order valence-corrected chi connectivity index (χ0v) is 18.0. The number of amides is 1. The van der Waals surface area contributed by atoms with Gasteiger partial charge in [0.15, 0.2) is 0 Å². The summed E-state index contributed by atoms with van der Waals surface area (Å²) in [6.07, 6.45) is 2.68. The number of nitrogens with one attached hydrogen (secondary N) is 2. The lowest BCUT2D eigenvalue weighted by Crippen LogP contribution is -2.17. The Labute approximate surface area is 169 Å². The topological polar surface area (TPSA) is 57.3 Å². The Balaban J connectivity index is 2.09. The van der Waals surface area contributed by atoms with Gasteiger partial charge in [-0.05, 0) is 62.2 Å². The molecule has 2 N–H and O–H groups in total. The third-order valence-corrected chi connectivity index (χ3v) is 4.73. The van der Waals surface area contributed by atoms with Crippen molar-refractivity contribution in [3.8, 4) is 0 Å². The van der Waals surface area contributed by atoms with Crippen LogP contribution in [0.5, 0.6) is 0 Å². The van der Waals surface area contributed by atoms with Gasteiger partial charge in [-0.2, -0.15) is 0 Å². The Morgan fingerprint density at radius 2 is 1.68 bits per heavy atom. The third kappa shape index (κ3) is 6.06. The Morgan fingerprint density at radius 1 is 1.04 bits per heavy atom. The number of aromatic nitrogens is 1. The van der Waals surface area contributed by atoms with E-state index in [-0.39, 0.29) is 5.91 Å². The van der Waals surface area contributed by atoms with Gasteiger partial charge in [-0.3, -0.25) is 4.79 Å². The first-order valence-electron chi connectivity index (χ1n) is 10.1. The van der Waals surface area contributed by atoms with Crippen LogP contribution < -0.4 is 10.6 Å². The Kier molecular flexibility index (Phi) is 8.00. The molecule has 5 heteroatoms. The van der Waals surface area contributed by atoms with E-state index in [1.54, 1.807) is 6.20 Å². The van der Waals surface area contributed by atoms with Crippen molar-refractivity contribution in [2.24, 2.45) is 0 Å². The molecule has 0 aliphatic carbocycles. The second-order valence-corrected chi connectivity index (χ2v) is 8.09. The van der Waals surface area contributed by atoms with E-state index in [2.05, 4.69) is 80.5 Å². The van der Waals surface area contributed by atoms with Gasteiger partial charge in [0, 0.05) is 18.4 Å². The zero-order valence-electron chi connectivity index (χ0n) is 18.0. The fraction of sp³-hybridized carbons (Fsp3) is 0.478.